The van der Waals surface area contributed by atoms with E-state index in [1.54, 1.807) is 36.4 Å². The molecule has 0 aliphatic carbocycles. The Kier molecular flexibility index (Phi) is 5.96. The first-order chi connectivity index (χ1) is 15.2. The summed E-state index contributed by atoms with van der Waals surface area (Å²) < 4.78 is 6.58. The van der Waals surface area contributed by atoms with Crippen molar-refractivity contribution in [2.24, 2.45) is 0 Å². The number of non-ortho nitro benzene ring substituents is 1. The number of amides is 1. The Morgan fingerprint density at radius 1 is 1.22 bits per heavy atom. The molecule has 1 aromatic heterocycles. The Morgan fingerprint density at radius 2 is 2.00 bits per heavy atom. The molecule has 4 rings (SSSR count). The summed E-state index contributed by atoms with van der Waals surface area (Å²) >= 11 is 9.71. The fourth-order valence-electron chi connectivity index (χ4n) is 2.99. The van der Waals surface area contributed by atoms with Gasteiger partial charge in [-0.05, 0) is 52.3 Å². The highest BCUT2D eigenvalue weighted by Crippen LogP contribution is 2.38. The number of nitrogens with zero attached hydrogens (tertiary/aromatic N) is 2. The van der Waals surface area contributed by atoms with Crippen LogP contribution in [0.15, 0.2) is 68.4 Å². The first-order valence-corrected chi connectivity index (χ1v) is 10.9. The average Bonchev–Trinajstić information content (AvgIpc) is 3.32. The number of hydrogen-bond donors (Lipinski definition) is 1. The predicted molar refractivity (Wildman–Crippen MR) is 128 cm³/mol. The number of carboxylic acid groups (broad SMARTS) is 1. The van der Waals surface area contributed by atoms with Crippen molar-refractivity contribution in [2.75, 3.05) is 4.90 Å². The number of carboxylic acids is 1. The number of nitro benzene ring substituents is 1. The molecule has 1 amide bonds. The summed E-state index contributed by atoms with van der Waals surface area (Å²) in [5.41, 5.74) is 0.979. The molecule has 0 spiro atoms. The minimum Gasteiger partial charge on any atom is -0.478 e. The lowest BCUT2D eigenvalue weighted by Gasteiger charge is -2.14. The van der Waals surface area contributed by atoms with Gasteiger partial charge in [-0.3, -0.25) is 19.8 Å². The van der Waals surface area contributed by atoms with Crippen molar-refractivity contribution in [1.82, 2.24) is 0 Å². The lowest BCUT2D eigenvalue weighted by Crippen LogP contribution is -2.27. The second-order valence-corrected chi connectivity index (χ2v) is 9.03. The molecule has 1 aliphatic heterocycles. The molecule has 0 radical (unpaired) electrons. The molecular formula is C21H11BrN2O6S2. The monoisotopic (exact) mass is 530 g/mol. The summed E-state index contributed by atoms with van der Waals surface area (Å²) in [5.74, 6) is -0.641. The third kappa shape index (κ3) is 4.22. The third-order valence-corrected chi connectivity index (χ3v) is 6.43. The smallest absolute Gasteiger partial charge is 0.335 e. The Hall–Kier alpha value is -3.28. The highest BCUT2D eigenvalue weighted by Gasteiger charge is 2.34. The van der Waals surface area contributed by atoms with Crippen LogP contribution in [-0.2, 0) is 4.79 Å². The van der Waals surface area contributed by atoms with Crippen molar-refractivity contribution in [3.05, 3.63) is 85.4 Å². The minimum absolute atomic E-state index is 0.0462. The molecule has 160 valence electrons. The van der Waals surface area contributed by atoms with Crippen molar-refractivity contribution < 1.29 is 24.0 Å². The number of halogens is 1. The quantitative estimate of drug-likeness (QED) is 0.193. The molecular weight excluding hydrogens is 520 g/mol. The van der Waals surface area contributed by atoms with Gasteiger partial charge in [0.2, 0.25) is 0 Å². The van der Waals surface area contributed by atoms with Crippen LogP contribution in [0.4, 0.5) is 11.4 Å². The van der Waals surface area contributed by atoms with E-state index < -0.39 is 16.8 Å². The second-order valence-electron chi connectivity index (χ2n) is 6.50. The molecule has 3 aromatic rings. The van der Waals surface area contributed by atoms with E-state index >= 15 is 0 Å². The number of benzene rings is 2. The van der Waals surface area contributed by atoms with Crippen LogP contribution in [0, 0.1) is 10.1 Å². The summed E-state index contributed by atoms with van der Waals surface area (Å²) in [4.78, 5) is 36.2. The van der Waals surface area contributed by atoms with E-state index in [-0.39, 0.29) is 15.6 Å². The molecule has 32 heavy (non-hydrogen) atoms. The number of hydrogen-bond acceptors (Lipinski definition) is 7. The molecule has 0 atom stereocenters. The Bertz CT molecular complexity index is 1330. The fourth-order valence-corrected chi connectivity index (χ4v) is 4.83. The van der Waals surface area contributed by atoms with Gasteiger partial charge in [0.1, 0.15) is 11.5 Å². The van der Waals surface area contributed by atoms with Crippen molar-refractivity contribution in [3.63, 3.8) is 0 Å². The zero-order valence-corrected chi connectivity index (χ0v) is 19.1. The molecule has 1 N–H and O–H groups in total. The summed E-state index contributed by atoms with van der Waals surface area (Å²) in [7, 11) is 0. The van der Waals surface area contributed by atoms with E-state index in [1.807, 2.05) is 0 Å². The molecule has 8 nitrogen and oxygen atoms in total. The van der Waals surface area contributed by atoms with Gasteiger partial charge in [-0.25, -0.2) is 4.79 Å². The fraction of sp³-hybridized carbons (Fsp3) is 0. The van der Waals surface area contributed by atoms with Crippen LogP contribution < -0.4 is 4.90 Å². The number of thiocarbonyl (C=S) groups is 1. The number of furan rings is 1. The van der Waals surface area contributed by atoms with E-state index in [4.69, 9.17) is 16.6 Å². The van der Waals surface area contributed by atoms with Crippen LogP contribution in [0.1, 0.15) is 16.1 Å². The van der Waals surface area contributed by atoms with Crippen LogP contribution in [0.25, 0.3) is 17.4 Å². The number of carbonyl (C=O) groups excluding carboxylic acids is 1. The normalized spacial score (nSPS) is 14.9. The second kappa shape index (κ2) is 8.69. The lowest BCUT2D eigenvalue weighted by molar-refractivity contribution is -0.384. The van der Waals surface area contributed by atoms with Gasteiger partial charge < -0.3 is 9.52 Å². The third-order valence-electron chi connectivity index (χ3n) is 4.47. The van der Waals surface area contributed by atoms with Gasteiger partial charge in [0, 0.05) is 28.2 Å². The van der Waals surface area contributed by atoms with Crippen LogP contribution in [0.5, 0.6) is 0 Å². The van der Waals surface area contributed by atoms with Crippen LogP contribution >= 0.6 is 39.9 Å². The molecule has 0 saturated carbocycles. The molecule has 0 unspecified atom stereocenters. The number of rotatable bonds is 5. The van der Waals surface area contributed by atoms with Gasteiger partial charge in [-0.1, -0.05) is 30.0 Å². The highest BCUT2D eigenvalue weighted by molar-refractivity contribution is 9.10. The van der Waals surface area contributed by atoms with Gasteiger partial charge in [0.05, 0.1) is 21.1 Å². The topological polar surface area (TPSA) is 114 Å². The van der Waals surface area contributed by atoms with Crippen molar-refractivity contribution in [3.8, 4) is 11.3 Å². The molecule has 1 aliphatic rings. The molecule has 2 heterocycles. The molecule has 0 bridgehead atoms. The maximum absolute atomic E-state index is 12.9. The van der Waals surface area contributed by atoms with Crippen molar-refractivity contribution in [1.29, 1.82) is 0 Å². The maximum atomic E-state index is 12.9. The van der Waals surface area contributed by atoms with Crippen molar-refractivity contribution in [2.45, 2.75) is 0 Å². The van der Waals surface area contributed by atoms with E-state index in [9.17, 15) is 24.8 Å². The van der Waals surface area contributed by atoms with Gasteiger partial charge in [-0.2, -0.15) is 0 Å². The van der Waals surface area contributed by atoms with E-state index in [1.165, 1.54) is 29.2 Å². The van der Waals surface area contributed by atoms with E-state index in [0.29, 0.717) is 32.1 Å². The largest absolute Gasteiger partial charge is 0.478 e. The maximum Gasteiger partial charge on any atom is 0.335 e. The van der Waals surface area contributed by atoms with Crippen LogP contribution in [0.2, 0.25) is 0 Å². The van der Waals surface area contributed by atoms with Crippen LogP contribution in [0.3, 0.4) is 0 Å². The average molecular weight is 531 g/mol. The number of nitro groups is 1. The lowest BCUT2D eigenvalue weighted by atomic mass is 10.1. The van der Waals surface area contributed by atoms with Gasteiger partial charge >= 0.3 is 5.97 Å². The van der Waals surface area contributed by atoms with Gasteiger partial charge in [0.15, 0.2) is 4.32 Å². The number of thioether (sulfide) groups is 1. The SMILES string of the molecule is O=C(O)c1cccc(N2C(=O)/C(=C/c3ccc(-c4ccc([N+](=O)[O-])cc4Br)o3)SC2=S)c1. The molecule has 2 aromatic carbocycles. The summed E-state index contributed by atoms with van der Waals surface area (Å²) in [6.45, 7) is 0. The first kappa shape index (κ1) is 21.9. The standard InChI is InChI=1S/C21H11BrN2O6S2/c22-16-9-13(24(28)29)4-6-15(16)17-7-5-14(30-17)10-18-19(25)23(21(31)32-18)12-3-1-2-11(8-12)20(26)27/h1-10H,(H,26,27)/b18-10-. The number of aromatic carboxylic acids is 1. The molecule has 1 saturated heterocycles. The minimum atomic E-state index is -1.10. The predicted octanol–water partition coefficient (Wildman–Crippen LogP) is 5.72. The van der Waals surface area contributed by atoms with Crippen LogP contribution in [-0.4, -0.2) is 26.2 Å². The van der Waals surface area contributed by atoms with Crippen molar-refractivity contribution >= 4 is 73.6 Å². The summed E-state index contributed by atoms with van der Waals surface area (Å²) in [5, 5.41) is 20.1. The molecule has 11 heteroatoms. The van der Waals surface area contributed by atoms with E-state index in [0.717, 1.165) is 11.8 Å². The summed E-state index contributed by atoms with van der Waals surface area (Å²) in [6.07, 6.45) is 1.54. The molecule has 1 fully saturated rings. The Labute approximate surface area is 198 Å². The van der Waals surface area contributed by atoms with Gasteiger partial charge in [-0.15, -0.1) is 0 Å². The Balaban J connectivity index is 1.61. The highest BCUT2D eigenvalue weighted by atomic mass is 79.9. The zero-order valence-electron chi connectivity index (χ0n) is 15.9. The zero-order chi connectivity index (χ0) is 23.0. The number of carbonyl (C=O) groups is 2. The number of anilines is 1. The summed E-state index contributed by atoms with van der Waals surface area (Å²) in [6, 6.07) is 13.6. The van der Waals surface area contributed by atoms with E-state index in [2.05, 4.69) is 15.9 Å². The Morgan fingerprint density at radius 3 is 2.69 bits per heavy atom. The first-order valence-electron chi connectivity index (χ1n) is 8.90. The van der Waals surface area contributed by atoms with Gasteiger partial charge in [0.25, 0.3) is 11.6 Å².